The molecule has 144 valence electrons. The molecule has 0 amide bonds. The molecule has 1 N–H and O–H groups in total. The van der Waals surface area contributed by atoms with Crippen molar-refractivity contribution >= 4 is 6.08 Å². The average Bonchev–Trinajstić information content (AvgIpc) is 2.96. The minimum atomic E-state index is -0.175. The van der Waals surface area contributed by atoms with Crippen molar-refractivity contribution in [1.29, 1.82) is 0 Å². The zero-order valence-corrected chi connectivity index (χ0v) is 16.4. The molecular formula is C21H33N3O2. The number of likely N-dealkylation sites (tertiary alicyclic amines) is 1. The predicted molar refractivity (Wildman–Crippen MR) is 105 cm³/mol. The van der Waals surface area contributed by atoms with E-state index in [1.165, 1.54) is 5.56 Å². The Labute approximate surface area is 157 Å². The number of hydrogen-bond donors (Lipinski definition) is 1. The second kappa shape index (κ2) is 10.6. The molecular weight excluding hydrogens is 326 g/mol. The van der Waals surface area contributed by atoms with Gasteiger partial charge in [-0.15, -0.1) is 0 Å². The Balaban J connectivity index is 1.70. The molecule has 2 atom stereocenters. The van der Waals surface area contributed by atoms with Crippen molar-refractivity contribution in [3.8, 4) is 0 Å². The second-order valence-electron chi connectivity index (χ2n) is 7.96. The molecule has 0 spiro atoms. The summed E-state index contributed by atoms with van der Waals surface area (Å²) in [5, 5.41) is 3.50. The van der Waals surface area contributed by atoms with Gasteiger partial charge in [-0.1, -0.05) is 30.3 Å². The van der Waals surface area contributed by atoms with Crippen molar-refractivity contribution in [3.63, 3.8) is 0 Å². The van der Waals surface area contributed by atoms with E-state index in [0.29, 0.717) is 6.54 Å². The lowest BCUT2D eigenvalue weighted by molar-refractivity contribution is -0.0705. The van der Waals surface area contributed by atoms with Gasteiger partial charge in [0.2, 0.25) is 6.08 Å². The zero-order valence-electron chi connectivity index (χ0n) is 16.4. The average molecular weight is 360 g/mol. The molecule has 0 bridgehead atoms. The van der Waals surface area contributed by atoms with Crippen LogP contribution in [0.5, 0.6) is 0 Å². The molecule has 1 fully saturated rings. The van der Waals surface area contributed by atoms with Crippen molar-refractivity contribution in [1.82, 2.24) is 10.2 Å². The summed E-state index contributed by atoms with van der Waals surface area (Å²) >= 11 is 0. The molecule has 1 aromatic carbocycles. The number of aliphatic imine (C=N–C) groups is 1. The molecule has 0 aliphatic carbocycles. The molecule has 5 heteroatoms. The monoisotopic (exact) mass is 359 g/mol. The quantitative estimate of drug-likeness (QED) is 0.396. The Hall–Kier alpha value is -1.52. The highest BCUT2D eigenvalue weighted by Crippen LogP contribution is 2.26. The van der Waals surface area contributed by atoms with Crippen LogP contribution >= 0.6 is 0 Å². The molecule has 1 saturated heterocycles. The molecule has 1 aliphatic rings. The minimum absolute atomic E-state index is 0.142. The van der Waals surface area contributed by atoms with Crippen LogP contribution in [0.1, 0.15) is 45.6 Å². The third-order valence-corrected chi connectivity index (χ3v) is 4.67. The second-order valence-corrected chi connectivity index (χ2v) is 7.96. The molecule has 2 rings (SSSR count). The van der Waals surface area contributed by atoms with Gasteiger partial charge in [0, 0.05) is 13.1 Å². The number of isocyanates is 1. The first-order chi connectivity index (χ1) is 12.5. The van der Waals surface area contributed by atoms with Gasteiger partial charge in [-0.3, -0.25) is 4.90 Å². The summed E-state index contributed by atoms with van der Waals surface area (Å²) in [5.41, 5.74) is 1.14. The number of hydrogen-bond acceptors (Lipinski definition) is 5. The zero-order chi connectivity index (χ0) is 18.8. The number of ether oxygens (including phenoxy) is 1. The Morgan fingerprint density at radius 1 is 1.27 bits per heavy atom. The lowest BCUT2D eigenvalue weighted by Gasteiger charge is -2.31. The van der Waals surface area contributed by atoms with Crippen LogP contribution in [-0.2, 0) is 16.1 Å². The van der Waals surface area contributed by atoms with Gasteiger partial charge in [0.05, 0.1) is 24.3 Å². The summed E-state index contributed by atoms with van der Waals surface area (Å²) in [6, 6.07) is 10.7. The first-order valence-corrected chi connectivity index (χ1v) is 9.70. The van der Waals surface area contributed by atoms with E-state index in [1.807, 2.05) is 6.07 Å². The van der Waals surface area contributed by atoms with Crippen LogP contribution in [0.25, 0.3) is 0 Å². The highest BCUT2D eigenvalue weighted by Gasteiger charge is 2.36. The van der Waals surface area contributed by atoms with E-state index in [-0.39, 0.29) is 17.7 Å². The standard InChI is InChI=1S/C21H33N3O2/c1-21(2,3)26-20-11-14-24(19(20)16-23-17-25)13-8-7-12-22-15-18-9-5-4-6-10-18/h4-6,9-10,19-20,22H,7-8,11-16H2,1-3H3. The highest BCUT2D eigenvalue weighted by atomic mass is 16.5. The van der Waals surface area contributed by atoms with Crippen LogP contribution < -0.4 is 5.32 Å². The molecule has 0 aromatic heterocycles. The SMILES string of the molecule is CC(C)(C)OC1CCN(CCCCNCc2ccccc2)C1CN=C=O. The van der Waals surface area contributed by atoms with Crippen molar-refractivity contribution in [2.75, 3.05) is 26.2 Å². The van der Waals surface area contributed by atoms with Crippen LogP contribution in [0.4, 0.5) is 0 Å². The number of rotatable bonds is 10. The summed E-state index contributed by atoms with van der Waals surface area (Å²) in [7, 11) is 0. The van der Waals surface area contributed by atoms with E-state index in [9.17, 15) is 4.79 Å². The third-order valence-electron chi connectivity index (χ3n) is 4.67. The first kappa shape index (κ1) is 20.8. The predicted octanol–water partition coefficient (Wildman–Crippen LogP) is 3.15. The van der Waals surface area contributed by atoms with Crippen molar-refractivity contribution < 1.29 is 9.53 Å². The smallest absolute Gasteiger partial charge is 0.234 e. The van der Waals surface area contributed by atoms with E-state index in [0.717, 1.165) is 45.4 Å². The van der Waals surface area contributed by atoms with Gasteiger partial charge in [-0.2, -0.15) is 0 Å². The molecule has 1 heterocycles. The van der Waals surface area contributed by atoms with Gasteiger partial charge < -0.3 is 10.1 Å². The van der Waals surface area contributed by atoms with Gasteiger partial charge in [0.15, 0.2) is 0 Å². The fraction of sp³-hybridized carbons (Fsp3) is 0.667. The van der Waals surface area contributed by atoms with E-state index < -0.39 is 0 Å². The van der Waals surface area contributed by atoms with Gasteiger partial charge in [-0.05, 0) is 58.7 Å². The number of unbranched alkanes of at least 4 members (excludes halogenated alkanes) is 1. The summed E-state index contributed by atoms with van der Waals surface area (Å²) in [4.78, 5) is 16.8. The van der Waals surface area contributed by atoms with E-state index in [1.54, 1.807) is 6.08 Å². The maximum atomic E-state index is 10.6. The Morgan fingerprint density at radius 2 is 2.04 bits per heavy atom. The molecule has 2 unspecified atom stereocenters. The van der Waals surface area contributed by atoms with Crippen LogP contribution in [0, 0.1) is 0 Å². The molecule has 0 saturated carbocycles. The van der Waals surface area contributed by atoms with E-state index >= 15 is 0 Å². The van der Waals surface area contributed by atoms with Crippen LogP contribution in [0.3, 0.4) is 0 Å². The first-order valence-electron chi connectivity index (χ1n) is 9.70. The lowest BCUT2D eigenvalue weighted by Crippen LogP contribution is -2.42. The van der Waals surface area contributed by atoms with Crippen molar-refractivity contribution in [3.05, 3.63) is 35.9 Å². The molecule has 1 aromatic rings. The summed E-state index contributed by atoms with van der Waals surface area (Å²) in [6.07, 6.45) is 5.09. The summed E-state index contributed by atoms with van der Waals surface area (Å²) in [5.74, 6) is 0. The van der Waals surface area contributed by atoms with E-state index in [4.69, 9.17) is 4.74 Å². The minimum Gasteiger partial charge on any atom is -0.371 e. The van der Waals surface area contributed by atoms with Crippen LogP contribution in [0.15, 0.2) is 35.3 Å². The largest absolute Gasteiger partial charge is 0.371 e. The number of nitrogens with one attached hydrogen (secondary N) is 1. The van der Waals surface area contributed by atoms with Crippen molar-refractivity contribution in [2.24, 2.45) is 4.99 Å². The normalized spacial score (nSPS) is 20.9. The molecule has 26 heavy (non-hydrogen) atoms. The van der Waals surface area contributed by atoms with Gasteiger partial charge in [0.25, 0.3) is 0 Å². The fourth-order valence-corrected chi connectivity index (χ4v) is 3.51. The van der Waals surface area contributed by atoms with Gasteiger partial charge in [-0.25, -0.2) is 9.79 Å². The fourth-order valence-electron chi connectivity index (χ4n) is 3.51. The Kier molecular flexibility index (Phi) is 8.46. The maximum absolute atomic E-state index is 10.6. The third kappa shape index (κ3) is 7.38. The van der Waals surface area contributed by atoms with Crippen LogP contribution in [-0.4, -0.2) is 54.9 Å². The summed E-state index contributed by atoms with van der Waals surface area (Å²) in [6.45, 7) is 10.7. The van der Waals surface area contributed by atoms with Crippen LogP contribution in [0.2, 0.25) is 0 Å². The Morgan fingerprint density at radius 3 is 2.73 bits per heavy atom. The van der Waals surface area contributed by atoms with Crippen molar-refractivity contribution in [2.45, 2.75) is 64.3 Å². The number of carbonyl (C=O) groups excluding carboxylic acids is 1. The lowest BCUT2D eigenvalue weighted by atomic mass is 10.1. The molecule has 0 radical (unpaired) electrons. The number of benzene rings is 1. The van der Waals surface area contributed by atoms with Gasteiger partial charge >= 0.3 is 0 Å². The van der Waals surface area contributed by atoms with Gasteiger partial charge in [0.1, 0.15) is 0 Å². The topological polar surface area (TPSA) is 53.9 Å². The molecule has 5 nitrogen and oxygen atoms in total. The maximum Gasteiger partial charge on any atom is 0.234 e. The number of nitrogens with zero attached hydrogens (tertiary/aromatic N) is 2. The molecule has 1 aliphatic heterocycles. The van der Waals surface area contributed by atoms with E-state index in [2.05, 4.69) is 60.2 Å². The Bertz CT molecular complexity index is 564. The highest BCUT2D eigenvalue weighted by molar-refractivity contribution is 5.33. The summed E-state index contributed by atoms with van der Waals surface area (Å²) < 4.78 is 6.19.